The third-order valence-corrected chi connectivity index (χ3v) is 2.74. The van der Waals surface area contributed by atoms with E-state index in [2.05, 4.69) is 25.5 Å². The molecule has 2 heterocycles. The first kappa shape index (κ1) is 10.9. The number of rotatable bonds is 4. The zero-order chi connectivity index (χ0) is 12.5. The summed E-state index contributed by atoms with van der Waals surface area (Å²) in [6, 6.07) is 0. The van der Waals surface area contributed by atoms with E-state index in [1.165, 1.54) is 20.4 Å². The zero-order valence-electron chi connectivity index (χ0n) is 10.1. The molecule has 0 aliphatic heterocycles. The van der Waals surface area contributed by atoms with E-state index < -0.39 is 0 Å². The van der Waals surface area contributed by atoms with Crippen LogP contribution < -0.4 is 9.47 Å². The van der Waals surface area contributed by atoms with Crippen molar-refractivity contribution in [1.29, 1.82) is 0 Å². The zero-order valence-corrected chi connectivity index (χ0v) is 10.1. The minimum absolute atomic E-state index is 0.337. The van der Waals surface area contributed by atoms with Gasteiger partial charge in [-0.3, -0.25) is 0 Å². The van der Waals surface area contributed by atoms with Gasteiger partial charge >= 0.3 is 0 Å². The first-order valence-electron chi connectivity index (χ1n) is 5.57. The second-order valence-corrected chi connectivity index (χ2v) is 3.97. The predicted molar refractivity (Wildman–Crippen MR) is 59.8 cm³/mol. The summed E-state index contributed by atoms with van der Waals surface area (Å²) < 4.78 is 11.8. The van der Waals surface area contributed by atoms with E-state index in [0.717, 1.165) is 18.7 Å². The van der Waals surface area contributed by atoms with Crippen molar-refractivity contribution < 1.29 is 9.47 Å². The summed E-state index contributed by atoms with van der Waals surface area (Å²) in [5.41, 5.74) is 0. The molecule has 0 unspecified atom stereocenters. The van der Waals surface area contributed by atoms with E-state index in [4.69, 9.17) is 9.47 Å². The van der Waals surface area contributed by atoms with Gasteiger partial charge in [0.25, 0.3) is 5.88 Å². The van der Waals surface area contributed by atoms with Crippen molar-refractivity contribution in [2.24, 2.45) is 0 Å². The van der Waals surface area contributed by atoms with Crippen LogP contribution in [0.3, 0.4) is 0 Å². The molecule has 1 aliphatic rings. The van der Waals surface area contributed by atoms with E-state index in [0.29, 0.717) is 23.5 Å². The lowest BCUT2D eigenvalue weighted by atomic mass is 10.4. The number of aromatic nitrogens is 6. The molecule has 8 heteroatoms. The van der Waals surface area contributed by atoms with Gasteiger partial charge in [-0.25, -0.2) is 4.98 Å². The number of hydrogen-bond acceptors (Lipinski definition) is 7. The maximum absolute atomic E-state index is 5.20. The van der Waals surface area contributed by atoms with Crippen LogP contribution in [-0.4, -0.2) is 44.4 Å². The molecule has 2 aromatic rings. The lowest BCUT2D eigenvalue weighted by Gasteiger charge is -2.08. The number of ether oxygens (including phenoxy) is 2. The van der Waals surface area contributed by atoms with Gasteiger partial charge in [0.05, 0.1) is 20.4 Å². The van der Waals surface area contributed by atoms with Gasteiger partial charge in [-0.2, -0.15) is 9.67 Å². The molecule has 1 aliphatic carbocycles. The Morgan fingerprint density at radius 2 is 2.11 bits per heavy atom. The average molecular weight is 248 g/mol. The standard InChI is InChI=1S/C10H12N6O2/c1-17-7-5-11-9(10(12-7)18-2)16-8(6-3-4-6)13-14-15-16/h5-6H,3-4H2,1-2H3. The lowest BCUT2D eigenvalue weighted by Crippen LogP contribution is -2.08. The lowest BCUT2D eigenvalue weighted by molar-refractivity contribution is 0.358. The summed E-state index contributed by atoms with van der Waals surface area (Å²) in [6.45, 7) is 0. The predicted octanol–water partition coefficient (Wildman–Crippen LogP) is 0.347. The molecule has 0 aromatic carbocycles. The summed E-state index contributed by atoms with van der Waals surface area (Å²) in [7, 11) is 3.05. The molecule has 0 amide bonds. The highest BCUT2D eigenvalue weighted by Crippen LogP contribution is 2.39. The van der Waals surface area contributed by atoms with Crippen LogP contribution in [0.15, 0.2) is 6.20 Å². The Bertz CT molecular complexity index is 565. The molecule has 8 nitrogen and oxygen atoms in total. The minimum Gasteiger partial charge on any atom is -0.480 e. The molecule has 1 fully saturated rings. The quantitative estimate of drug-likeness (QED) is 0.771. The monoisotopic (exact) mass is 248 g/mol. The fourth-order valence-electron chi connectivity index (χ4n) is 1.67. The van der Waals surface area contributed by atoms with Gasteiger partial charge in [-0.15, -0.1) is 5.10 Å². The summed E-state index contributed by atoms with van der Waals surface area (Å²) in [5, 5.41) is 11.7. The van der Waals surface area contributed by atoms with Crippen LogP contribution in [0.4, 0.5) is 0 Å². The first-order valence-corrected chi connectivity index (χ1v) is 5.57. The topological polar surface area (TPSA) is 87.8 Å². The Balaban J connectivity index is 2.07. The Hall–Kier alpha value is -2.25. The smallest absolute Gasteiger partial charge is 0.263 e. The third-order valence-electron chi connectivity index (χ3n) is 2.74. The molecule has 1 saturated carbocycles. The van der Waals surface area contributed by atoms with Gasteiger partial charge in [-0.1, -0.05) is 0 Å². The molecular weight excluding hydrogens is 236 g/mol. The average Bonchev–Trinajstić information content (AvgIpc) is 3.15. The van der Waals surface area contributed by atoms with Crippen LogP contribution in [0.5, 0.6) is 11.8 Å². The number of nitrogens with zero attached hydrogens (tertiary/aromatic N) is 6. The SMILES string of the molecule is COc1cnc(-n2nnnc2C2CC2)c(OC)n1. The van der Waals surface area contributed by atoms with Gasteiger partial charge in [-0.05, 0) is 23.3 Å². The Morgan fingerprint density at radius 3 is 2.78 bits per heavy atom. The fraction of sp³-hybridized carbons (Fsp3) is 0.500. The van der Waals surface area contributed by atoms with Crippen molar-refractivity contribution >= 4 is 0 Å². The van der Waals surface area contributed by atoms with Crippen molar-refractivity contribution in [3.8, 4) is 17.6 Å². The number of tetrazole rings is 1. The molecule has 94 valence electrons. The highest BCUT2D eigenvalue weighted by Gasteiger charge is 2.31. The maximum Gasteiger partial charge on any atom is 0.263 e. The van der Waals surface area contributed by atoms with Crippen molar-refractivity contribution in [3.63, 3.8) is 0 Å². The molecule has 2 aromatic heterocycles. The molecule has 0 spiro atoms. The maximum atomic E-state index is 5.20. The molecule has 0 bridgehead atoms. The molecule has 0 atom stereocenters. The fourth-order valence-corrected chi connectivity index (χ4v) is 1.67. The van der Waals surface area contributed by atoms with Crippen molar-refractivity contribution in [2.45, 2.75) is 18.8 Å². The first-order chi connectivity index (χ1) is 8.83. The van der Waals surface area contributed by atoms with Crippen molar-refractivity contribution in [3.05, 3.63) is 12.0 Å². The minimum atomic E-state index is 0.337. The summed E-state index contributed by atoms with van der Waals surface area (Å²) in [6.07, 6.45) is 3.72. The molecule has 0 radical (unpaired) electrons. The van der Waals surface area contributed by atoms with Gasteiger partial charge in [0.2, 0.25) is 11.7 Å². The Morgan fingerprint density at radius 1 is 1.28 bits per heavy atom. The van der Waals surface area contributed by atoms with Gasteiger partial charge in [0.15, 0.2) is 5.82 Å². The van der Waals surface area contributed by atoms with Crippen LogP contribution >= 0.6 is 0 Å². The second kappa shape index (κ2) is 4.21. The van der Waals surface area contributed by atoms with Crippen LogP contribution in [0.2, 0.25) is 0 Å². The van der Waals surface area contributed by atoms with Crippen LogP contribution in [0.25, 0.3) is 5.82 Å². The van der Waals surface area contributed by atoms with E-state index in [-0.39, 0.29) is 0 Å². The molecule has 0 saturated heterocycles. The molecular formula is C10H12N6O2. The van der Waals surface area contributed by atoms with Crippen LogP contribution in [0.1, 0.15) is 24.6 Å². The summed E-state index contributed by atoms with van der Waals surface area (Å²) >= 11 is 0. The number of hydrogen-bond donors (Lipinski definition) is 0. The van der Waals surface area contributed by atoms with E-state index >= 15 is 0 Å². The highest BCUT2D eigenvalue weighted by atomic mass is 16.5. The number of methoxy groups -OCH3 is 2. The van der Waals surface area contributed by atoms with E-state index in [1.807, 2.05) is 0 Å². The highest BCUT2D eigenvalue weighted by molar-refractivity contribution is 5.36. The Labute approximate surface area is 103 Å². The van der Waals surface area contributed by atoms with E-state index in [9.17, 15) is 0 Å². The van der Waals surface area contributed by atoms with E-state index in [1.54, 1.807) is 4.68 Å². The van der Waals surface area contributed by atoms with Gasteiger partial charge < -0.3 is 9.47 Å². The van der Waals surface area contributed by atoms with Crippen LogP contribution in [0, 0.1) is 0 Å². The summed E-state index contributed by atoms with van der Waals surface area (Å²) in [5.74, 6) is 2.41. The molecule has 0 N–H and O–H groups in total. The van der Waals surface area contributed by atoms with Gasteiger partial charge in [0, 0.05) is 5.92 Å². The van der Waals surface area contributed by atoms with Crippen molar-refractivity contribution in [2.75, 3.05) is 14.2 Å². The molecule has 18 heavy (non-hydrogen) atoms. The summed E-state index contributed by atoms with van der Waals surface area (Å²) in [4.78, 5) is 8.40. The molecule has 3 rings (SSSR count). The van der Waals surface area contributed by atoms with Gasteiger partial charge in [0.1, 0.15) is 0 Å². The normalized spacial score (nSPS) is 14.6. The second-order valence-electron chi connectivity index (χ2n) is 3.97. The third kappa shape index (κ3) is 1.75. The largest absolute Gasteiger partial charge is 0.480 e. The van der Waals surface area contributed by atoms with Crippen molar-refractivity contribution in [1.82, 2.24) is 30.2 Å². The van der Waals surface area contributed by atoms with Crippen LogP contribution in [-0.2, 0) is 0 Å². The Kier molecular flexibility index (Phi) is 2.54.